The normalized spacial score (nSPS) is 25.9. The van der Waals surface area contributed by atoms with Crippen LogP contribution in [0.3, 0.4) is 0 Å². The Morgan fingerprint density at radius 1 is 1.64 bits per heavy atom. The van der Waals surface area contributed by atoms with Gasteiger partial charge in [-0.25, -0.2) is 0 Å². The molecule has 1 heterocycles. The van der Waals surface area contributed by atoms with Crippen molar-refractivity contribution < 1.29 is 14.3 Å². The average Bonchev–Trinajstić information content (AvgIpc) is 2.17. The Morgan fingerprint density at radius 2 is 2.45 bits per heavy atom. The molecule has 0 unspecified atom stereocenters. The third-order valence-corrected chi connectivity index (χ3v) is 1.78. The first kappa shape index (κ1) is 8.53. The van der Waals surface area contributed by atoms with E-state index in [1.54, 1.807) is 0 Å². The summed E-state index contributed by atoms with van der Waals surface area (Å²) in [6, 6.07) is 0. The average molecular weight is 158 g/mol. The van der Waals surface area contributed by atoms with E-state index in [2.05, 4.69) is 0 Å². The predicted octanol–water partition coefficient (Wildman–Crippen LogP) is 1.12. The van der Waals surface area contributed by atoms with Gasteiger partial charge in [0, 0.05) is 19.4 Å². The summed E-state index contributed by atoms with van der Waals surface area (Å²) in [7, 11) is 0. The van der Waals surface area contributed by atoms with Gasteiger partial charge in [-0.3, -0.25) is 4.79 Å². The molecule has 0 N–H and O–H groups in total. The van der Waals surface area contributed by atoms with Gasteiger partial charge in [-0.05, 0) is 13.3 Å². The van der Waals surface area contributed by atoms with Crippen molar-refractivity contribution in [3.63, 3.8) is 0 Å². The van der Waals surface area contributed by atoms with Crippen LogP contribution in [0.4, 0.5) is 0 Å². The number of hydrogen-bond donors (Lipinski definition) is 0. The molecule has 0 aromatic carbocycles. The van der Waals surface area contributed by atoms with Crippen molar-refractivity contribution in [3.05, 3.63) is 0 Å². The van der Waals surface area contributed by atoms with Crippen molar-refractivity contribution in [2.75, 3.05) is 13.2 Å². The molecule has 0 saturated carbocycles. The fourth-order valence-electron chi connectivity index (χ4n) is 1.20. The molecule has 0 bridgehead atoms. The number of esters is 1. The van der Waals surface area contributed by atoms with Crippen LogP contribution >= 0.6 is 0 Å². The first-order valence-corrected chi connectivity index (χ1v) is 4.10. The van der Waals surface area contributed by atoms with Gasteiger partial charge in [0.05, 0.1) is 12.7 Å². The van der Waals surface area contributed by atoms with Crippen molar-refractivity contribution in [3.8, 4) is 0 Å². The zero-order valence-electron chi connectivity index (χ0n) is 6.84. The Bertz CT molecular complexity index is 133. The number of carbonyl (C=O) groups is 1. The van der Waals surface area contributed by atoms with Gasteiger partial charge in [0.15, 0.2) is 0 Å². The number of ether oxygens (including phenoxy) is 2. The molecule has 0 aromatic rings. The van der Waals surface area contributed by atoms with E-state index < -0.39 is 0 Å². The topological polar surface area (TPSA) is 35.5 Å². The number of carbonyl (C=O) groups excluding carboxylic acids is 1. The van der Waals surface area contributed by atoms with Crippen LogP contribution < -0.4 is 0 Å². The van der Waals surface area contributed by atoms with Crippen LogP contribution in [0.5, 0.6) is 0 Å². The maximum Gasteiger partial charge on any atom is 0.305 e. The summed E-state index contributed by atoms with van der Waals surface area (Å²) in [5, 5.41) is 0. The van der Waals surface area contributed by atoms with Crippen molar-refractivity contribution in [2.45, 2.75) is 32.3 Å². The van der Waals surface area contributed by atoms with E-state index in [-0.39, 0.29) is 12.1 Å². The van der Waals surface area contributed by atoms with Gasteiger partial charge < -0.3 is 9.47 Å². The molecule has 1 rings (SSSR count). The Balaban J connectivity index is 2.28. The lowest BCUT2D eigenvalue weighted by Gasteiger charge is -2.11. The second-order valence-corrected chi connectivity index (χ2v) is 2.63. The third-order valence-electron chi connectivity index (χ3n) is 1.78. The predicted molar refractivity (Wildman–Crippen MR) is 40.2 cm³/mol. The number of hydrogen-bond acceptors (Lipinski definition) is 3. The van der Waals surface area contributed by atoms with Gasteiger partial charge in [-0.1, -0.05) is 0 Å². The van der Waals surface area contributed by atoms with Crippen molar-refractivity contribution >= 4 is 5.97 Å². The summed E-state index contributed by atoms with van der Waals surface area (Å²) in [6.45, 7) is 3.20. The minimum Gasteiger partial charge on any atom is -0.466 e. The number of cyclic esters (lactones) is 1. The third kappa shape index (κ3) is 2.89. The van der Waals surface area contributed by atoms with Crippen molar-refractivity contribution in [1.29, 1.82) is 0 Å². The molecule has 64 valence electrons. The molecule has 0 aromatic heterocycles. The summed E-state index contributed by atoms with van der Waals surface area (Å²) in [5.41, 5.74) is 0. The number of rotatable bonds is 2. The Morgan fingerprint density at radius 3 is 3.18 bits per heavy atom. The molecule has 0 spiro atoms. The smallest absolute Gasteiger partial charge is 0.305 e. The minimum absolute atomic E-state index is 0.0906. The molecule has 1 aliphatic heterocycles. The van der Waals surface area contributed by atoms with Gasteiger partial charge in [-0.15, -0.1) is 0 Å². The zero-order chi connectivity index (χ0) is 8.10. The maximum absolute atomic E-state index is 10.8. The molecule has 11 heavy (non-hydrogen) atoms. The van der Waals surface area contributed by atoms with Crippen LogP contribution in [0, 0.1) is 0 Å². The summed E-state index contributed by atoms with van der Waals surface area (Å²) >= 11 is 0. The fraction of sp³-hybridized carbons (Fsp3) is 0.875. The minimum atomic E-state index is -0.0906. The van der Waals surface area contributed by atoms with E-state index in [1.807, 2.05) is 6.92 Å². The second kappa shape index (κ2) is 4.34. The molecule has 0 radical (unpaired) electrons. The van der Waals surface area contributed by atoms with Crippen LogP contribution in [0.15, 0.2) is 0 Å². The van der Waals surface area contributed by atoms with E-state index in [1.165, 1.54) is 0 Å². The lowest BCUT2D eigenvalue weighted by atomic mass is 10.1. The maximum atomic E-state index is 10.8. The molecule has 0 aliphatic carbocycles. The van der Waals surface area contributed by atoms with E-state index in [0.29, 0.717) is 13.0 Å². The monoisotopic (exact) mass is 158 g/mol. The van der Waals surface area contributed by atoms with Crippen LogP contribution in [0.2, 0.25) is 0 Å². The summed E-state index contributed by atoms with van der Waals surface area (Å²) in [6.07, 6.45) is 2.39. The van der Waals surface area contributed by atoms with Crippen molar-refractivity contribution in [2.24, 2.45) is 0 Å². The highest BCUT2D eigenvalue weighted by atomic mass is 16.5. The van der Waals surface area contributed by atoms with Gasteiger partial charge in [-0.2, -0.15) is 0 Å². The van der Waals surface area contributed by atoms with E-state index in [0.717, 1.165) is 19.4 Å². The molecule has 1 atom stereocenters. The highest BCUT2D eigenvalue weighted by Gasteiger charge is 2.16. The van der Waals surface area contributed by atoms with Gasteiger partial charge in [0.2, 0.25) is 0 Å². The Hall–Kier alpha value is -0.570. The molecule has 1 fully saturated rings. The molecule has 3 heteroatoms. The summed E-state index contributed by atoms with van der Waals surface area (Å²) in [4.78, 5) is 10.8. The molecule has 0 amide bonds. The molecular formula is C8H14O3. The van der Waals surface area contributed by atoms with E-state index in [9.17, 15) is 4.79 Å². The van der Waals surface area contributed by atoms with Gasteiger partial charge in [0.25, 0.3) is 0 Å². The van der Waals surface area contributed by atoms with Crippen LogP contribution in [-0.4, -0.2) is 25.3 Å². The van der Waals surface area contributed by atoms with Crippen LogP contribution in [-0.2, 0) is 14.3 Å². The SMILES string of the molecule is CCO[C@@H]1CCOC(=O)CC1. The zero-order valence-corrected chi connectivity index (χ0v) is 6.84. The molecule has 1 aliphatic rings. The van der Waals surface area contributed by atoms with Gasteiger partial charge >= 0.3 is 5.97 Å². The van der Waals surface area contributed by atoms with Crippen LogP contribution in [0.25, 0.3) is 0 Å². The highest BCUT2D eigenvalue weighted by Crippen LogP contribution is 2.12. The first-order chi connectivity index (χ1) is 5.33. The first-order valence-electron chi connectivity index (χ1n) is 4.10. The summed E-state index contributed by atoms with van der Waals surface area (Å²) in [5.74, 6) is -0.0906. The standard InChI is InChI=1S/C8H14O3/c1-2-10-7-3-4-8(9)11-6-5-7/h7H,2-6H2,1H3/t7-/m0/s1. The Labute approximate surface area is 66.7 Å². The highest BCUT2D eigenvalue weighted by molar-refractivity contribution is 5.69. The van der Waals surface area contributed by atoms with Crippen LogP contribution in [0.1, 0.15) is 26.2 Å². The van der Waals surface area contributed by atoms with E-state index >= 15 is 0 Å². The van der Waals surface area contributed by atoms with Gasteiger partial charge in [0.1, 0.15) is 0 Å². The fourth-order valence-corrected chi connectivity index (χ4v) is 1.20. The molecular weight excluding hydrogens is 144 g/mol. The lowest BCUT2D eigenvalue weighted by Crippen LogP contribution is -2.12. The lowest BCUT2D eigenvalue weighted by molar-refractivity contribution is -0.142. The second-order valence-electron chi connectivity index (χ2n) is 2.63. The van der Waals surface area contributed by atoms with E-state index in [4.69, 9.17) is 9.47 Å². The van der Waals surface area contributed by atoms with Crippen molar-refractivity contribution in [1.82, 2.24) is 0 Å². The summed E-state index contributed by atoms with van der Waals surface area (Å²) < 4.78 is 10.2. The largest absolute Gasteiger partial charge is 0.466 e. The Kier molecular flexibility index (Phi) is 3.36. The molecule has 3 nitrogen and oxygen atoms in total. The molecule has 1 saturated heterocycles. The quantitative estimate of drug-likeness (QED) is 0.565.